The molecule has 0 saturated heterocycles. The zero-order chi connectivity index (χ0) is 16.5. The quantitative estimate of drug-likeness (QED) is 0.793. The predicted molar refractivity (Wildman–Crippen MR) is 87.7 cm³/mol. The van der Waals surface area contributed by atoms with Crippen molar-refractivity contribution in [2.45, 2.75) is 77.2 Å². The summed E-state index contributed by atoms with van der Waals surface area (Å²) in [6.07, 6.45) is 11.4. The van der Waals surface area contributed by atoms with Crippen LogP contribution in [0, 0.1) is 34.0 Å². The van der Waals surface area contributed by atoms with Gasteiger partial charge in [-0.2, -0.15) is 0 Å². The fourth-order valence-corrected chi connectivity index (χ4v) is 7.75. The van der Waals surface area contributed by atoms with Crippen molar-refractivity contribution in [1.82, 2.24) is 0 Å². The van der Waals surface area contributed by atoms with Gasteiger partial charge >= 0.3 is 0 Å². The molecule has 0 aliphatic heterocycles. The highest BCUT2D eigenvalue weighted by atomic mass is 16.3. The number of hydrogen-bond acceptors (Lipinski definition) is 3. The molecular formula is C20H30O3. The lowest BCUT2D eigenvalue weighted by Crippen LogP contribution is -2.59. The van der Waals surface area contributed by atoms with Crippen LogP contribution in [-0.4, -0.2) is 23.3 Å². The highest BCUT2D eigenvalue weighted by molar-refractivity contribution is 5.67. The molecular weight excluding hydrogens is 288 g/mol. The first kappa shape index (κ1) is 15.8. The molecule has 3 nitrogen and oxygen atoms in total. The molecule has 23 heavy (non-hydrogen) atoms. The van der Waals surface area contributed by atoms with Crippen molar-refractivity contribution in [3.05, 3.63) is 0 Å². The highest BCUT2D eigenvalue weighted by Crippen LogP contribution is 2.72. The average Bonchev–Trinajstić information content (AvgIpc) is 2.71. The Balaban J connectivity index is 1.78. The van der Waals surface area contributed by atoms with E-state index in [-0.39, 0.29) is 22.2 Å². The molecule has 2 bridgehead atoms. The van der Waals surface area contributed by atoms with Gasteiger partial charge in [-0.05, 0) is 81.5 Å². The summed E-state index contributed by atoms with van der Waals surface area (Å²) in [5.74, 6) is 0.979. The minimum atomic E-state index is -0.561. The molecule has 0 heterocycles. The second kappa shape index (κ2) is 4.68. The molecule has 0 aromatic rings. The maximum absolute atomic E-state index is 12.4. The zero-order valence-corrected chi connectivity index (χ0v) is 14.5. The van der Waals surface area contributed by atoms with Gasteiger partial charge in [-0.15, -0.1) is 0 Å². The minimum absolute atomic E-state index is 0.144. The van der Waals surface area contributed by atoms with Gasteiger partial charge in [0.1, 0.15) is 12.6 Å². The Morgan fingerprint density at radius 1 is 0.957 bits per heavy atom. The van der Waals surface area contributed by atoms with Crippen LogP contribution in [0.4, 0.5) is 0 Å². The van der Waals surface area contributed by atoms with E-state index in [9.17, 15) is 14.7 Å². The maximum Gasteiger partial charge on any atom is 0.126 e. The third-order valence-corrected chi connectivity index (χ3v) is 8.62. The number of aliphatic hydroxyl groups is 1. The lowest BCUT2D eigenvalue weighted by molar-refractivity contribution is -0.168. The van der Waals surface area contributed by atoms with Gasteiger partial charge in [0.25, 0.3) is 0 Å². The number of aldehydes is 2. The summed E-state index contributed by atoms with van der Waals surface area (Å²) >= 11 is 0. The minimum Gasteiger partial charge on any atom is -0.390 e. The molecule has 7 atom stereocenters. The summed E-state index contributed by atoms with van der Waals surface area (Å²) < 4.78 is 0. The molecule has 128 valence electrons. The van der Waals surface area contributed by atoms with Crippen LogP contribution < -0.4 is 0 Å². The Morgan fingerprint density at radius 3 is 2.43 bits per heavy atom. The first-order valence-electron chi connectivity index (χ1n) is 9.47. The van der Waals surface area contributed by atoms with Crippen LogP contribution in [0.1, 0.15) is 71.6 Å². The van der Waals surface area contributed by atoms with Gasteiger partial charge in [0, 0.05) is 10.8 Å². The van der Waals surface area contributed by atoms with Crippen LogP contribution >= 0.6 is 0 Å². The maximum atomic E-state index is 12.4. The van der Waals surface area contributed by atoms with E-state index in [4.69, 9.17) is 0 Å². The summed E-state index contributed by atoms with van der Waals surface area (Å²) in [4.78, 5) is 24.3. The largest absolute Gasteiger partial charge is 0.390 e. The van der Waals surface area contributed by atoms with E-state index in [1.54, 1.807) is 0 Å². The van der Waals surface area contributed by atoms with Gasteiger partial charge in [-0.25, -0.2) is 0 Å². The molecule has 4 fully saturated rings. The lowest BCUT2D eigenvalue weighted by Gasteiger charge is -2.62. The Bertz CT molecular complexity index is 541. The van der Waals surface area contributed by atoms with Crippen molar-refractivity contribution < 1.29 is 14.7 Å². The molecule has 0 radical (unpaired) electrons. The van der Waals surface area contributed by atoms with Gasteiger partial charge < -0.3 is 14.7 Å². The van der Waals surface area contributed by atoms with Gasteiger partial charge in [-0.1, -0.05) is 13.3 Å². The van der Waals surface area contributed by atoms with Gasteiger partial charge in [0.15, 0.2) is 0 Å². The molecule has 7 unspecified atom stereocenters. The van der Waals surface area contributed by atoms with Gasteiger partial charge in [0.2, 0.25) is 0 Å². The summed E-state index contributed by atoms with van der Waals surface area (Å²) in [6, 6.07) is 0. The molecule has 0 aromatic carbocycles. The fraction of sp³-hybridized carbons (Fsp3) is 0.900. The van der Waals surface area contributed by atoms with Crippen molar-refractivity contribution in [3.8, 4) is 0 Å². The Hall–Kier alpha value is -0.700. The monoisotopic (exact) mass is 318 g/mol. The van der Waals surface area contributed by atoms with Crippen molar-refractivity contribution >= 4 is 12.6 Å². The standard InChI is InChI=1S/C20H30O3/c1-17(12-21)7-3-8-20(13-22)15(17)6-9-19-10-14(4-5-16(19)20)18(2,23)11-19/h12-16,23H,3-11H2,1-2H3. The smallest absolute Gasteiger partial charge is 0.126 e. The van der Waals surface area contributed by atoms with Crippen LogP contribution in [0.5, 0.6) is 0 Å². The number of carbonyl (C=O) groups is 2. The third-order valence-electron chi connectivity index (χ3n) is 8.62. The number of hydrogen-bond donors (Lipinski definition) is 1. The van der Waals surface area contributed by atoms with Crippen LogP contribution in [0.25, 0.3) is 0 Å². The number of carbonyl (C=O) groups excluding carboxylic acids is 2. The number of rotatable bonds is 2. The van der Waals surface area contributed by atoms with E-state index in [0.717, 1.165) is 64.1 Å². The molecule has 3 heteroatoms. The van der Waals surface area contributed by atoms with Crippen molar-refractivity contribution in [3.63, 3.8) is 0 Å². The first-order chi connectivity index (χ1) is 10.8. The van der Waals surface area contributed by atoms with Crippen molar-refractivity contribution in [1.29, 1.82) is 0 Å². The van der Waals surface area contributed by atoms with E-state index in [1.807, 2.05) is 6.92 Å². The Morgan fingerprint density at radius 2 is 1.74 bits per heavy atom. The van der Waals surface area contributed by atoms with Crippen LogP contribution in [-0.2, 0) is 9.59 Å². The number of fused-ring (bicyclic) bond motifs is 3. The second-order valence-corrected chi connectivity index (χ2v) is 9.73. The predicted octanol–water partition coefficient (Wildman–Crippen LogP) is 3.53. The Kier molecular flexibility index (Phi) is 3.22. The van der Waals surface area contributed by atoms with E-state index in [0.29, 0.717) is 11.8 Å². The summed E-state index contributed by atoms with van der Waals surface area (Å²) in [6.45, 7) is 4.08. The molecule has 0 aromatic heterocycles. The van der Waals surface area contributed by atoms with E-state index < -0.39 is 5.60 Å². The molecule has 4 aliphatic carbocycles. The Labute approximate surface area is 139 Å². The summed E-state index contributed by atoms with van der Waals surface area (Å²) in [7, 11) is 0. The molecule has 4 aliphatic rings. The van der Waals surface area contributed by atoms with Crippen LogP contribution in [0.2, 0.25) is 0 Å². The zero-order valence-electron chi connectivity index (χ0n) is 14.5. The molecule has 1 spiro atoms. The van der Waals surface area contributed by atoms with Crippen LogP contribution in [0.15, 0.2) is 0 Å². The van der Waals surface area contributed by atoms with E-state index in [1.165, 1.54) is 6.29 Å². The SMILES string of the molecule is CC1(O)CC23CCC4C(C)(C=O)CCCC4(C=O)C2CCC1C3. The van der Waals surface area contributed by atoms with Crippen molar-refractivity contribution in [2.24, 2.45) is 34.0 Å². The first-order valence-corrected chi connectivity index (χ1v) is 9.47. The molecule has 1 N–H and O–H groups in total. The third kappa shape index (κ3) is 1.86. The average molecular weight is 318 g/mol. The second-order valence-electron chi connectivity index (χ2n) is 9.73. The van der Waals surface area contributed by atoms with E-state index in [2.05, 4.69) is 6.92 Å². The van der Waals surface area contributed by atoms with Crippen LogP contribution in [0.3, 0.4) is 0 Å². The molecule has 4 saturated carbocycles. The highest BCUT2D eigenvalue weighted by Gasteiger charge is 2.68. The van der Waals surface area contributed by atoms with E-state index >= 15 is 0 Å². The van der Waals surface area contributed by atoms with Crippen molar-refractivity contribution in [2.75, 3.05) is 0 Å². The molecule has 0 amide bonds. The molecule has 4 rings (SSSR count). The summed E-state index contributed by atoms with van der Waals surface area (Å²) in [5.41, 5.74) is -1.07. The lowest BCUT2D eigenvalue weighted by atomic mass is 9.41. The topological polar surface area (TPSA) is 54.4 Å². The normalized spacial score (nSPS) is 58.1. The van der Waals surface area contributed by atoms with Gasteiger partial charge in [0.05, 0.1) is 5.60 Å². The van der Waals surface area contributed by atoms with Gasteiger partial charge in [-0.3, -0.25) is 0 Å². The fourth-order valence-electron chi connectivity index (χ4n) is 7.75. The summed E-state index contributed by atoms with van der Waals surface area (Å²) in [5, 5.41) is 10.9.